The van der Waals surface area contributed by atoms with E-state index in [2.05, 4.69) is 72.6 Å². The minimum absolute atomic E-state index is 0.566. The molecule has 0 unspecified atom stereocenters. The van der Waals surface area contributed by atoms with Crippen LogP contribution in [0, 0.1) is 0 Å². The Morgan fingerprint density at radius 2 is 1.55 bits per heavy atom. The van der Waals surface area contributed by atoms with Gasteiger partial charge in [0.15, 0.2) is 5.65 Å². The standard InChI is InChI=1S/C15H24BrN3S/c1-10(2)20(11(3)4,12(5)6)19-15-13(8-18-19)7-14(16)9-17-15/h7-12H,1-6H3. The highest BCUT2D eigenvalue weighted by Crippen LogP contribution is 2.61. The zero-order chi connectivity index (χ0) is 15.1. The van der Waals surface area contributed by atoms with E-state index in [4.69, 9.17) is 5.10 Å². The van der Waals surface area contributed by atoms with Gasteiger partial charge < -0.3 is 0 Å². The molecule has 2 aromatic rings. The van der Waals surface area contributed by atoms with E-state index < -0.39 is 10.2 Å². The number of hydrogen-bond donors (Lipinski definition) is 0. The number of aromatic nitrogens is 3. The second-order valence-corrected chi connectivity index (χ2v) is 11.5. The summed E-state index contributed by atoms with van der Waals surface area (Å²) in [6, 6.07) is 2.09. The molecule has 3 nitrogen and oxygen atoms in total. The summed E-state index contributed by atoms with van der Waals surface area (Å²) in [6.45, 7) is 13.9. The molecule has 112 valence electrons. The van der Waals surface area contributed by atoms with Crippen molar-refractivity contribution in [2.24, 2.45) is 0 Å². The van der Waals surface area contributed by atoms with Gasteiger partial charge in [0.05, 0.1) is 6.20 Å². The summed E-state index contributed by atoms with van der Waals surface area (Å²) in [6.07, 6.45) is 3.81. The highest BCUT2D eigenvalue weighted by Gasteiger charge is 2.38. The molecule has 0 N–H and O–H groups in total. The van der Waals surface area contributed by atoms with Crippen molar-refractivity contribution in [1.82, 2.24) is 14.2 Å². The first-order valence-corrected chi connectivity index (χ1v) is 9.68. The third kappa shape index (κ3) is 2.29. The van der Waals surface area contributed by atoms with Crippen LogP contribution in [0.25, 0.3) is 11.0 Å². The molecule has 5 heteroatoms. The van der Waals surface area contributed by atoms with Gasteiger partial charge in [0.2, 0.25) is 0 Å². The van der Waals surface area contributed by atoms with Crippen molar-refractivity contribution in [1.29, 1.82) is 0 Å². The largest absolute Gasteiger partial charge is 0.235 e. The number of pyridine rings is 1. The number of hydrogen-bond acceptors (Lipinski definition) is 2. The van der Waals surface area contributed by atoms with E-state index in [-0.39, 0.29) is 0 Å². The molecule has 0 bridgehead atoms. The SMILES string of the molecule is CC(C)S(C(C)C)(C(C)C)n1ncc2cc(Br)cnc21. The Morgan fingerprint density at radius 3 is 2.05 bits per heavy atom. The van der Waals surface area contributed by atoms with Crippen LogP contribution in [0.1, 0.15) is 41.5 Å². The second kappa shape index (κ2) is 5.68. The van der Waals surface area contributed by atoms with Gasteiger partial charge >= 0.3 is 0 Å². The van der Waals surface area contributed by atoms with Gasteiger partial charge in [-0.15, -0.1) is 10.2 Å². The summed E-state index contributed by atoms with van der Waals surface area (Å²) in [4.78, 5) is 4.63. The molecular weight excluding hydrogens is 334 g/mol. The lowest BCUT2D eigenvalue weighted by molar-refractivity contribution is 0.865. The van der Waals surface area contributed by atoms with Crippen LogP contribution in [0.15, 0.2) is 22.9 Å². The molecule has 2 heterocycles. The number of halogens is 1. The topological polar surface area (TPSA) is 30.7 Å². The molecule has 0 aliphatic rings. The first-order chi connectivity index (χ1) is 9.31. The van der Waals surface area contributed by atoms with Crippen molar-refractivity contribution in [2.75, 3.05) is 0 Å². The maximum Gasteiger partial charge on any atom is 0.167 e. The molecule has 0 atom stereocenters. The number of fused-ring (bicyclic) bond motifs is 1. The molecule has 20 heavy (non-hydrogen) atoms. The van der Waals surface area contributed by atoms with Crippen LogP contribution in [0.2, 0.25) is 0 Å². The van der Waals surface area contributed by atoms with Gasteiger partial charge in [0, 0.05) is 31.8 Å². The fraction of sp³-hybridized carbons (Fsp3) is 0.600. The van der Waals surface area contributed by atoms with E-state index in [0.717, 1.165) is 15.5 Å². The summed E-state index contributed by atoms with van der Waals surface area (Å²) >= 11 is 3.49. The second-order valence-electron chi connectivity index (χ2n) is 5.95. The Hall–Kier alpha value is -0.550. The quantitative estimate of drug-likeness (QED) is 0.771. The van der Waals surface area contributed by atoms with E-state index in [0.29, 0.717) is 15.7 Å². The Morgan fingerprint density at radius 1 is 1.00 bits per heavy atom. The lowest BCUT2D eigenvalue weighted by Gasteiger charge is -2.50. The zero-order valence-electron chi connectivity index (χ0n) is 13.1. The maximum absolute atomic E-state index is 4.74. The number of rotatable bonds is 4. The van der Waals surface area contributed by atoms with Crippen molar-refractivity contribution < 1.29 is 0 Å². The molecule has 0 saturated heterocycles. The summed E-state index contributed by atoms with van der Waals surface area (Å²) in [5.74, 6) is 0. The van der Waals surface area contributed by atoms with Gasteiger partial charge in [0.25, 0.3) is 0 Å². The minimum Gasteiger partial charge on any atom is -0.235 e. The predicted octanol–water partition coefficient (Wildman–Crippen LogP) is 4.99. The molecule has 0 spiro atoms. The minimum atomic E-state index is -1.09. The van der Waals surface area contributed by atoms with E-state index >= 15 is 0 Å². The van der Waals surface area contributed by atoms with Crippen LogP contribution >= 0.6 is 26.1 Å². The molecule has 0 saturated carbocycles. The summed E-state index contributed by atoms with van der Waals surface area (Å²) in [7, 11) is -1.09. The lowest BCUT2D eigenvalue weighted by Crippen LogP contribution is -2.34. The van der Waals surface area contributed by atoms with Crippen LogP contribution in [0.4, 0.5) is 0 Å². The molecule has 0 amide bonds. The Balaban J connectivity index is 2.75. The van der Waals surface area contributed by atoms with Crippen LogP contribution < -0.4 is 0 Å². The van der Waals surface area contributed by atoms with Crippen molar-refractivity contribution >= 4 is 37.2 Å². The normalized spacial score (nSPS) is 13.9. The van der Waals surface area contributed by atoms with Crippen molar-refractivity contribution in [2.45, 2.75) is 57.3 Å². The third-order valence-corrected chi connectivity index (χ3v) is 9.74. The van der Waals surface area contributed by atoms with Crippen LogP contribution in [-0.2, 0) is 0 Å². The molecule has 2 rings (SSSR count). The molecule has 0 aliphatic heterocycles. The van der Waals surface area contributed by atoms with Crippen molar-refractivity contribution in [3.8, 4) is 0 Å². The lowest BCUT2D eigenvalue weighted by atomic mass is 10.4. The van der Waals surface area contributed by atoms with Gasteiger partial charge in [0.1, 0.15) is 0 Å². The monoisotopic (exact) mass is 357 g/mol. The molecular formula is C15H24BrN3S. The van der Waals surface area contributed by atoms with Crippen LogP contribution in [-0.4, -0.2) is 29.9 Å². The fourth-order valence-electron chi connectivity index (χ4n) is 3.34. The van der Waals surface area contributed by atoms with Gasteiger partial charge in [-0.1, -0.05) is 41.5 Å². The number of nitrogens with zero attached hydrogens (tertiary/aromatic N) is 3. The molecule has 0 aliphatic carbocycles. The first kappa shape index (κ1) is 15.8. The zero-order valence-corrected chi connectivity index (χ0v) is 15.5. The van der Waals surface area contributed by atoms with E-state index in [1.165, 1.54) is 0 Å². The maximum atomic E-state index is 4.74. The Labute approximate surface area is 131 Å². The van der Waals surface area contributed by atoms with E-state index in [1.54, 1.807) is 0 Å². The third-order valence-electron chi connectivity index (χ3n) is 3.91. The molecule has 0 radical (unpaired) electrons. The highest BCUT2D eigenvalue weighted by molar-refractivity contribution is 9.10. The summed E-state index contributed by atoms with van der Waals surface area (Å²) in [5, 5.41) is 7.55. The Kier molecular flexibility index (Phi) is 4.50. The summed E-state index contributed by atoms with van der Waals surface area (Å²) < 4.78 is 3.25. The molecule has 0 fully saturated rings. The Bertz CT molecular complexity index is 582. The fourth-order valence-corrected chi connectivity index (χ4v) is 8.81. The van der Waals surface area contributed by atoms with Gasteiger partial charge in [-0.25, -0.2) is 9.07 Å². The summed E-state index contributed by atoms with van der Waals surface area (Å²) in [5.41, 5.74) is 1.01. The first-order valence-electron chi connectivity index (χ1n) is 7.11. The van der Waals surface area contributed by atoms with E-state index in [1.807, 2.05) is 12.4 Å². The molecule has 0 aromatic carbocycles. The van der Waals surface area contributed by atoms with Gasteiger partial charge in [-0.3, -0.25) is 0 Å². The van der Waals surface area contributed by atoms with Gasteiger partial charge in [-0.05, 0) is 22.0 Å². The van der Waals surface area contributed by atoms with Crippen LogP contribution in [0.3, 0.4) is 0 Å². The van der Waals surface area contributed by atoms with Crippen molar-refractivity contribution in [3.05, 3.63) is 22.9 Å². The van der Waals surface area contributed by atoms with E-state index in [9.17, 15) is 0 Å². The average Bonchev–Trinajstić information content (AvgIpc) is 2.72. The average molecular weight is 358 g/mol. The molecule has 2 aromatic heterocycles. The van der Waals surface area contributed by atoms with Crippen LogP contribution in [0.5, 0.6) is 0 Å². The highest BCUT2D eigenvalue weighted by atomic mass is 79.9. The van der Waals surface area contributed by atoms with Crippen molar-refractivity contribution in [3.63, 3.8) is 0 Å². The van der Waals surface area contributed by atoms with Gasteiger partial charge in [-0.2, -0.15) is 5.10 Å². The smallest absolute Gasteiger partial charge is 0.167 e. The predicted molar refractivity (Wildman–Crippen MR) is 93.6 cm³/mol.